The van der Waals surface area contributed by atoms with Crippen LogP contribution in [0, 0.1) is 0 Å². The Hall–Kier alpha value is -2.14. The number of nitrogens with one attached hydrogen (secondary N) is 1. The zero-order chi connectivity index (χ0) is 14.4. The van der Waals surface area contributed by atoms with Crippen LogP contribution in [0.3, 0.4) is 0 Å². The number of hydrogen-bond acceptors (Lipinski definition) is 4. The van der Waals surface area contributed by atoms with Gasteiger partial charge in [0.2, 0.25) is 5.89 Å². The Morgan fingerprint density at radius 2 is 2.10 bits per heavy atom. The molecule has 2 unspecified atom stereocenters. The van der Waals surface area contributed by atoms with Gasteiger partial charge in [-0.3, -0.25) is 10.0 Å². The maximum absolute atomic E-state index is 11.7. The molecule has 0 spiro atoms. The number of aromatic nitrogens is 1. The summed E-state index contributed by atoms with van der Waals surface area (Å²) in [6.07, 6.45) is 4.27. The molecule has 0 bridgehead atoms. The zero-order valence-corrected chi connectivity index (χ0v) is 11.3. The molecular formula is C15H18N2O3. The normalized spacial score (nSPS) is 13.7. The number of rotatable bonds is 6. The summed E-state index contributed by atoms with van der Waals surface area (Å²) in [5, 5.41) is 8.82. The first-order valence-electron chi connectivity index (χ1n) is 6.60. The van der Waals surface area contributed by atoms with Crippen LogP contribution in [0.2, 0.25) is 0 Å². The molecule has 0 saturated heterocycles. The number of carbonyl (C=O) groups excluding carboxylic acids is 1. The maximum Gasteiger partial charge on any atom is 0.255 e. The summed E-state index contributed by atoms with van der Waals surface area (Å²) >= 11 is 0. The highest BCUT2D eigenvalue weighted by Crippen LogP contribution is 2.27. The van der Waals surface area contributed by atoms with Crippen molar-refractivity contribution in [1.29, 1.82) is 0 Å². The second kappa shape index (κ2) is 6.86. The molecule has 0 aliphatic rings. The molecule has 106 valence electrons. The highest BCUT2D eigenvalue weighted by molar-refractivity contribution is 5.81. The average Bonchev–Trinajstić information content (AvgIpc) is 3.02. The fourth-order valence-corrected chi connectivity index (χ4v) is 2.22. The van der Waals surface area contributed by atoms with Crippen molar-refractivity contribution in [1.82, 2.24) is 10.5 Å². The van der Waals surface area contributed by atoms with Crippen LogP contribution in [0.5, 0.6) is 0 Å². The summed E-state index contributed by atoms with van der Waals surface area (Å²) in [6, 6.07) is 10.1. The minimum absolute atomic E-state index is 0.320. The second-order valence-corrected chi connectivity index (χ2v) is 4.79. The van der Waals surface area contributed by atoms with E-state index < -0.39 is 11.8 Å². The van der Waals surface area contributed by atoms with Gasteiger partial charge < -0.3 is 4.42 Å². The average molecular weight is 274 g/mol. The van der Waals surface area contributed by atoms with Gasteiger partial charge in [-0.05, 0) is 24.3 Å². The Balaban J connectivity index is 2.01. The first-order valence-corrected chi connectivity index (χ1v) is 6.60. The molecule has 1 heterocycles. The number of benzene rings is 1. The lowest BCUT2D eigenvalue weighted by Crippen LogP contribution is -2.26. The van der Waals surface area contributed by atoms with Crippen LogP contribution in [0.4, 0.5) is 0 Å². The van der Waals surface area contributed by atoms with E-state index >= 15 is 0 Å². The van der Waals surface area contributed by atoms with Crippen LogP contribution in [0.15, 0.2) is 47.2 Å². The second-order valence-electron chi connectivity index (χ2n) is 4.79. The van der Waals surface area contributed by atoms with Crippen LogP contribution in [-0.2, 0) is 4.79 Å². The van der Waals surface area contributed by atoms with Gasteiger partial charge in [-0.2, -0.15) is 0 Å². The van der Waals surface area contributed by atoms with Gasteiger partial charge in [-0.25, -0.2) is 10.5 Å². The summed E-state index contributed by atoms with van der Waals surface area (Å²) in [5.41, 5.74) is 2.90. The molecule has 5 heteroatoms. The van der Waals surface area contributed by atoms with Crippen molar-refractivity contribution in [2.45, 2.75) is 31.6 Å². The molecule has 0 fully saturated rings. The molecule has 2 N–H and O–H groups in total. The Morgan fingerprint density at radius 3 is 2.70 bits per heavy atom. The van der Waals surface area contributed by atoms with E-state index in [2.05, 4.69) is 24.0 Å². The first-order chi connectivity index (χ1) is 9.72. The minimum Gasteiger partial charge on any atom is -0.448 e. The Labute approximate surface area is 117 Å². The first kappa shape index (κ1) is 14.3. The van der Waals surface area contributed by atoms with Crippen LogP contribution < -0.4 is 5.48 Å². The van der Waals surface area contributed by atoms with Crippen LogP contribution in [0.1, 0.15) is 43.1 Å². The van der Waals surface area contributed by atoms with Crippen LogP contribution in [-0.4, -0.2) is 16.1 Å². The number of amides is 1. The van der Waals surface area contributed by atoms with Gasteiger partial charge in [-0.1, -0.05) is 37.3 Å². The number of hydroxylamine groups is 1. The smallest absolute Gasteiger partial charge is 0.255 e. The molecule has 5 nitrogen and oxygen atoms in total. The molecule has 0 aliphatic heterocycles. The highest BCUT2D eigenvalue weighted by Gasteiger charge is 2.25. The van der Waals surface area contributed by atoms with Crippen molar-refractivity contribution < 1.29 is 14.4 Å². The van der Waals surface area contributed by atoms with E-state index in [1.54, 1.807) is 5.48 Å². The van der Waals surface area contributed by atoms with Gasteiger partial charge in [0.25, 0.3) is 5.91 Å². The maximum atomic E-state index is 11.7. The van der Waals surface area contributed by atoms with E-state index in [4.69, 9.17) is 9.62 Å². The van der Waals surface area contributed by atoms with E-state index in [1.807, 2.05) is 18.2 Å². The number of oxazole rings is 1. The van der Waals surface area contributed by atoms with Gasteiger partial charge in [0.1, 0.15) is 12.2 Å². The van der Waals surface area contributed by atoms with Gasteiger partial charge in [0, 0.05) is 0 Å². The third-order valence-corrected chi connectivity index (χ3v) is 3.43. The standard InChI is InChI=1S/C15H18N2O3/c1-11(12-5-3-2-4-6-12)7-8-13(14(18)17-19)15-16-9-10-20-15/h2-6,9-11,13,19H,7-8H2,1H3,(H,17,18). The van der Waals surface area contributed by atoms with E-state index in [9.17, 15) is 4.79 Å². The molecular weight excluding hydrogens is 256 g/mol. The fraction of sp³-hybridized carbons (Fsp3) is 0.333. The predicted octanol–water partition coefficient (Wildman–Crippen LogP) is 2.85. The number of hydrogen-bond donors (Lipinski definition) is 2. The summed E-state index contributed by atoms with van der Waals surface area (Å²) in [4.78, 5) is 15.7. The SMILES string of the molecule is CC(CCC(C(=O)NO)c1ncco1)c1ccccc1. The van der Waals surface area contributed by atoms with E-state index in [0.717, 1.165) is 6.42 Å². The van der Waals surface area contributed by atoms with Crippen molar-refractivity contribution in [3.8, 4) is 0 Å². The third kappa shape index (κ3) is 3.45. The van der Waals surface area contributed by atoms with E-state index in [-0.39, 0.29) is 0 Å². The molecule has 1 aromatic carbocycles. The van der Waals surface area contributed by atoms with E-state index in [0.29, 0.717) is 18.2 Å². The fourth-order valence-electron chi connectivity index (χ4n) is 2.22. The van der Waals surface area contributed by atoms with Gasteiger partial charge >= 0.3 is 0 Å². The summed E-state index contributed by atoms with van der Waals surface area (Å²) in [5.74, 6) is -0.411. The van der Waals surface area contributed by atoms with Crippen LogP contribution in [0.25, 0.3) is 0 Å². The molecule has 2 aromatic rings. The lowest BCUT2D eigenvalue weighted by atomic mass is 9.91. The Kier molecular flexibility index (Phi) is 4.90. The van der Waals surface area contributed by atoms with Gasteiger partial charge in [0.05, 0.1) is 6.20 Å². The van der Waals surface area contributed by atoms with Gasteiger partial charge in [0.15, 0.2) is 0 Å². The highest BCUT2D eigenvalue weighted by atomic mass is 16.5. The molecule has 0 saturated carbocycles. The number of carbonyl (C=O) groups is 1. The number of nitrogens with zero attached hydrogens (tertiary/aromatic N) is 1. The zero-order valence-electron chi connectivity index (χ0n) is 11.3. The minimum atomic E-state index is -0.568. The van der Waals surface area contributed by atoms with Crippen molar-refractivity contribution in [3.05, 3.63) is 54.2 Å². The quantitative estimate of drug-likeness (QED) is 0.627. The summed E-state index contributed by atoms with van der Waals surface area (Å²) in [7, 11) is 0. The molecule has 1 amide bonds. The summed E-state index contributed by atoms with van der Waals surface area (Å²) in [6.45, 7) is 2.11. The molecule has 20 heavy (non-hydrogen) atoms. The molecule has 2 atom stereocenters. The predicted molar refractivity (Wildman–Crippen MR) is 73.3 cm³/mol. The third-order valence-electron chi connectivity index (χ3n) is 3.43. The van der Waals surface area contributed by atoms with Crippen molar-refractivity contribution in [2.75, 3.05) is 0 Å². The lowest BCUT2D eigenvalue weighted by molar-refractivity contribution is -0.131. The Morgan fingerprint density at radius 1 is 1.35 bits per heavy atom. The van der Waals surface area contributed by atoms with E-state index in [1.165, 1.54) is 18.0 Å². The molecule has 0 radical (unpaired) electrons. The monoisotopic (exact) mass is 274 g/mol. The largest absolute Gasteiger partial charge is 0.448 e. The summed E-state index contributed by atoms with van der Waals surface area (Å²) < 4.78 is 5.17. The lowest BCUT2D eigenvalue weighted by Gasteiger charge is -2.15. The topological polar surface area (TPSA) is 75.4 Å². The van der Waals surface area contributed by atoms with Crippen molar-refractivity contribution in [2.24, 2.45) is 0 Å². The Bertz CT molecular complexity index is 525. The van der Waals surface area contributed by atoms with Crippen LogP contribution >= 0.6 is 0 Å². The van der Waals surface area contributed by atoms with Gasteiger partial charge in [-0.15, -0.1) is 0 Å². The van der Waals surface area contributed by atoms with Crippen molar-refractivity contribution >= 4 is 5.91 Å². The molecule has 0 aliphatic carbocycles. The van der Waals surface area contributed by atoms with Crippen molar-refractivity contribution in [3.63, 3.8) is 0 Å². The molecule has 2 rings (SSSR count). The molecule has 1 aromatic heterocycles.